The van der Waals surface area contributed by atoms with Crippen LogP contribution in [0.3, 0.4) is 0 Å². The molecule has 0 amide bonds. The van der Waals surface area contributed by atoms with Crippen molar-refractivity contribution in [3.8, 4) is 0 Å². The van der Waals surface area contributed by atoms with Crippen LogP contribution in [0.5, 0.6) is 0 Å². The van der Waals surface area contributed by atoms with Gasteiger partial charge in [-0.2, -0.15) is 0 Å². The molecule has 0 saturated carbocycles. The number of halogens is 1. The number of carboxylic acid groups (broad SMARTS) is 1. The molecule has 0 aliphatic heterocycles. The molecule has 2 aromatic rings. The van der Waals surface area contributed by atoms with Crippen molar-refractivity contribution in [1.29, 1.82) is 0 Å². The first-order valence-corrected chi connectivity index (χ1v) is 8.30. The fourth-order valence-electron chi connectivity index (χ4n) is 2.00. The second-order valence-corrected chi connectivity index (χ2v) is 6.73. The van der Waals surface area contributed by atoms with Gasteiger partial charge in [0.25, 0.3) is 0 Å². The second-order valence-electron chi connectivity index (χ2n) is 4.61. The molecule has 22 heavy (non-hydrogen) atoms. The van der Waals surface area contributed by atoms with Crippen LogP contribution in [0.1, 0.15) is 18.0 Å². The van der Waals surface area contributed by atoms with E-state index in [2.05, 4.69) is 4.72 Å². The molecule has 0 spiro atoms. The molecule has 0 heterocycles. The van der Waals surface area contributed by atoms with Crippen LogP contribution in [0, 0.1) is 0 Å². The fourth-order valence-corrected chi connectivity index (χ4v) is 3.51. The molecule has 2 aromatic carbocycles. The van der Waals surface area contributed by atoms with Gasteiger partial charge in [-0.05, 0) is 23.8 Å². The Hall–Kier alpha value is -1.89. The summed E-state index contributed by atoms with van der Waals surface area (Å²) in [5, 5.41) is 9.34. The van der Waals surface area contributed by atoms with E-state index in [1.165, 1.54) is 12.1 Å². The van der Waals surface area contributed by atoms with E-state index in [0.29, 0.717) is 10.6 Å². The van der Waals surface area contributed by atoms with Crippen molar-refractivity contribution in [3.05, 3.63) is 65.2 Å². The van der Waals surface area contributed by atoms with Gasteiger partial charge in [0.2, 0.25) is 10.0 Å². The molecule has 0 aliphatic carbocycles. The lowest BCUT2D eigenvalue weighted by molar-refractivity contribution is -0.137. The molecule has 0 aromatic heterocycles. The topological polar surface area (TPSA) is 83.5 Å². The lowest BCUT2D eigenvalue weighted by Crippen LogP contribution is -2.30. The zero-order valence-electron chi connectivity index (χ0n) is 11.4. The van der Waals surface area contributed by atoms with Gasteiger partial charge in [-0.15, -0.1) is 0 Å². The Morgan fingerprint density at radius 1 is 1.09 bits per heavy atom. The maximum Gasteiger partial charge on any atom is 0.305 e. The lowest BCUT2D eigenvalue weighted by atomic mass is 10.1. The molecule has 2 N–H and O–H groups in total. The van der Waals surface area contributed by atoms with Crippen LogP contribution in [-0.4, -0.2) is 19.5 Å². The van der Waals surface area contributed by atoms with Crippen LogP contribution in [0.4, 0.5) is 0 Å². The van der Waals surface area contributed by atoms with Crippen LogP contribution in [0.15, 0.2) is 59.5 Å². The molecule has 0 aliphatic rings. The Balaban J connectivity index is 2.36. The van der Waals surface area contributed by atoms with Gasteiger partial charge in [0.05, 0.1) is 17.4 Å². The number of nitrogens with one attached hydrogen (secondary N) is 1. The summed E-state index contributed by atoms with van der Waals surface area (Å²) < 4.78 is 27.1. The number of rotatable bonds is 6. The Labute approximate surface area is 133 Å². The van der Waals surface area contributed by atoms with E-state index in [0.717, 1.165) is 0 Å². The molecule has 2 rings (SSSR count). The van der Waals surface area contributed by atoms with Gasteiger partial charge in [-0.3, -0.25) is 4.79 Å². The molecule has 0 bridgehead atoms. The zero-order valence-corrected chi connectivity index (χ0v) is 13.0. The van der Waals surface area contributed by atoms with E-state index in [4.69, 9.17) is 16.7 Å². The molecule has 1 unspecified atom stereocenters. The Morgan fingerprint density at radius 3 is 2.27 bits per heavy atom. The molecule has 0 saturated heterocycles. The molecule has 0 radical (unpaired) electrons. The SMILES string of the molecule is O=C(O)CC(NS(=O)(=O)c1ccccc1)c1ccccc1Cl. The lowest BCUT2D eigenvalue weighted by Gasteiger charge is -2.18. The average Bonchev–Trinajstić information content (AvgIpc) is 2.47. The largest absolute Gasteiger partial charge is 0.481 e. The third kappa shape index (κ3) is 4.07. The number of aliphatic carboxylic acids is 1. The van der Waals surface area contributed by atoms with Gasteiger partial charge in [0, 0.05) is 5.02 Å². The number of benzene rings is 2. The summed E-state index contributed by atoms with van der Waals surface area (Å²) in [6, 6.07) is 13.4. The maximum absolute atomic E-state index is 12.4. The van der Waals surface area contributed by atoms with Gasteiger partial charge in [-0.1, -0.05) is 48.0 Å². The predicted molar refractivity (Wildman–Crippen MR) is 83.2 cm³/mol. The quantitative estimate of drug-likeness (QED) is 0.847. The van der Waals surface area contributed by atoms with Crippen LogP contribution in [-0.2, 0) is 14.8 Å². The summed E-state index contributed by atoms with van der Waals surface area (Å²) in [4.78, 5) is 11.1. The summed E-state index contributed by atoms with van der Waals surface area (Å²) in [5.41, 5.74) is 0.422. The van der Waals surface area contributed by atoms with Gasteiger partial charge < -0.3 is 5.11 Å². The van der Waals surface area contributed by atoms with E-state index >= 15 is 0 Å². The predicted octanol–water partition coefficient (Wildman–Crippen LogP) is 2.83. The summed E-state index contributed by atoms with van der Waals surface area (Å²) in [6.45, 7) is 0. The Bertz CT molecular complexity index is 762. The van der Waals surface area contributed by atoms with Crippen molar-refractivity contribution in [1.82, 2.24) is 4.72 Å². The monoisotopic (exact) mass is 339 g/mol. The number of sulfonamides is 1. The highest BCUT2D eigenvalue weighted by Gasteiger charge is 2.24. The van der Waals surface area contributed by atoms with Gasteiger partial charge >= 0.3 is 5.97 Å². The van der Waals surface area contributed by atoms with Crippen molar-refractivity contribution < 1.29 is 18.3 Å². The zero-order chi connectivity index (χ0) is 16.2. The normalized spacial score (nSPS) is 12.8. The van der Waals surface area contributed by atoms with Crippen molar-refractivity contribution in [2.45, 2.75) is 17.4 Å². The van der Waals surface area contributed by atoms with Crippen LogP contribution < -0.4 is 4.72 Å². The first-order valence-electron chi connectivity index (χ1n) is 6.44. The van der Waals surface area contributed by atoms with Gasteiger partial charge in [0.1, 0.15) is 0 Å². The van der Waals surface area contributed by atoms with E-state index in [-0.39, 0.29) is 4.90 Å². The minimum Gasteiger partial charge on any atom is -0.481 e. The minimum atomic E-state index is -3.84. The number of carboxylic acids is 1. The summed E-state index contributed by atoms with van der Waals surface area (Å²) in [7, 11) is -3.84. The number of carbonyl (C=O) groups is 1. The van der Waals surface area contributed by atoms with Crippen LogP contribution >= 0.6 is 11.6 Å². The highest BCUT2D eigenvalue weighted by Crippen LogP contribution is 2.26. The standard InChI is InChI=1S/C15H14ClNO4S/c16-13-9-5-4-8-12(13)14(10-15(18)19)17-22(20,21)11-6-2-1-3-7-11/h1-9,14,17H,10H2,(H,18,19). The minimum absolute atomic E-state index is 0.0671. The van der Waals surface area contributed by atoms with E-state index in [1.807, 2.05) is 0 Å². The van der Waals surface area contributed by atoms with Gasteiger partial charge in [0.15, 0.2) is 0 Å². The summed E-state index contributed by atoms with van der Waals surface area (Å²) in [6.07, 6.45) is -0.407. The number of hydrogen-bond acceptors (Lipinski definition) is 3. The van der Waals surface area contributed by atoms with Crippen molar-refractivity contribution in [3.63, 3.8) is 0 Å². The second kappa shape index (κ2) is 6.91. The Kier molecular flexibility index (Phi) is 5.18. The highest BCUT2D eigenvalue weighted by molar-refractivity contribution is 7.89. The first kappa shape index (κ1) is 16.5. The van der Waals surface area contributed by atoms with Crippen molar-refractivity contribution in [2.24, 2.45) is 0 Å². The van der Waals surface area contributed by atoms with Gasteiger partial charge in [-0.25, -0.2) is 13.1 Å². The molecule has 0 fully saturated rings. The molecule has 1 atom stereocenters. The first-order chi connectivity index (χ1) is 10.4. The van der Waals surface area contributed by atoms with Crippen molar-refractivity contribution in [2.75, 3.05) is 0 Å². The van der Waals surface area contributed by atoms with E-state index in [9.17, 15) is 13.2 Å². The van der Waals surface area contributed by atoms with E-state index < -0.39 is 28.5 Å². The molecule has 116 valence electrons. The fraction of sp³-hybridized carbons (Fsp3) is 0.133. The summed E-state index contributed by atoms with van der Waals surface area (Å²) in [5.74, 6) is -1.12. The van der Waals surface area contributed by atoms with E-state index in [1.54, 1.807) is 42.5 Å². The third-order valence-corrected chi connectivity index (χ3v) is 4.84. The third-order valence-electron chi connectivity index (χ3n) is 3.01. The maximum atomic E-state index is 12.4. The molecular formula is C15H14ClNO4S. The molecular weight excluding hydrogens is 326 g/mol. The van der Waals surface area contributed by atoms with Crippen LogP contribution in [0.2, 0.25) is 5.02 Å². The van der Waals surface area contributed by atoms with Crippen molar-refractivity contribution >= 4 is 27.6 Å². The Morgan fingerprint density at radius 2 is 1.68 bits per heavy atom. The van der Waals surface area contributed by atoms with Crippen LogP contribution in [0.25, 0.3) is 0 Å². The molecule has 7 heteroatoms. The number of hydrogen-bond donors (Lipinski definition) is 2. The summed E-state index contributed by atoms with van der Waals surface area (Å²) >= 11 is 6.05. The highest BCUT2D eigenvalue weighted by atomic mass is 35.5. The average molecular weight is 340 g/mol. The molecule has 5 nitrogen and oxygen atoms in total. The smallest absolute Gasteiger partial charge is 0.305 e.